The molecule has 0 N–H and O–H groups in total. The van der Waals surface area contributed by atoms with Crippen LogP contribution in [-0.2, 0) is 32.2 Å². The highest BCUT2D eigenvalue weighted by molar-refractivity contribution is 5.92. The first-order valence-electron chi connectivity index (χ1n) is 13.1. The first-order valence-corrected chi connectivity index (χ1v) is 13.1. The van der Waals surface area contributed by atoms with Crippen molar-refractivity contribution in [3.8, 4) is 5.69 Å². The lowest BCUT2D eigenvalue weighted by Crippen LogP contribution is -2.57. The van der Waals surface area contributed by atoms with Gasteiger partial charge in [-0.2, -0.15) is 5.10 Å². The maximum atomic E-state index is 13.7. The summed E-state index contributed by atoms with van der Waals surface area (Å²) < 4.78 is 13.8. The van der Waals surface area contributed by atoms with Crippen molar-refractivity contribution >= 4 is 11.8 Å². The smallest absolute Gasteiger partial charge is 0.255 e. The van der Waals surface area contributed by atoms with E-state index in [2.05, 4.69) is 12.0 Å². The predicted octanol–water partition coefficient (Wildman–Crippen LogP) is 3.89. The summed E-state index contributed by atoms with van der Waals surface area (Å²) in [7, 11) is 0. The molecule has 1 saturated heterocycles. The largest absolute Gasteiger partial charge is 0.365 e. The van der Waals surface area contributed by atoms with E-state index in [0.717, 1.165) is 35.2 Å². The second kappa shape index (κ2) is 11.3. The molecule has 0 radical (unpaired) electrons. The van der Waals surface area contributed by atoms with Crippen molar-refractivity contribution < 1.29 is 19.1 Å². The van der Waals surface area contributed by atoms with Gasteiger partial charge in [-0.1, -0.05) is 49.7 Å². The third-order valence-corrected chi connectivity index (χ3v) is 7.23. The van der Waals surface area contributed by atoms with Crippen LogP contribution in [0.3, 0.4) is 0 Å². The molecule has 8 nitrogen and oxygen atoms in total. The fourth-order valence-electron chi connectivity index (χ4n) is 5.04. The van der Waals surface area contributed by atoms with Crippen LogP contribution in [0.2, 0.25) is 0 Å². The minimum atomic E-state index is -0.967. The molecular formula is C29H34N4O4. The Morgan fingerprint density at radius 3 is 2.49 bits per heavy atom. The number of unbranched alkanes of at least 4 members (excludes halogenated alkanes) is 1. The SMILES string of the molecule is CCCCO[C@@H](C(=O)N1Cc2ccccc2C1)[C@H]1OCCN([C@H](C)c2ccc(-n3cccn3)cc2)C1=O. The lowest BCUT2D eigenvalue weighted by molar-refractivity contribution is -0.179. The molecule has 1 aromatic heterocycles. The minimum Gasteiger partial charge on any atom is -0.365 e. The molecule has 2 aliphatic rings. The Morgan fingerprint density at radius 2 is 1.84 bits per heavy atom. The number of morpholine rings is 1. The van der Waals surface area contributed by atoms with Crippen LogP contribution in [0.15, 0.2) is 67.0 Å². The van der Waals surface area contributed by atoms with Crippen LogP contribution >= 0.6 is 0 Å². The van der Waals surface area contributed by atoms with E-state index in [9.17, 15) is 9.59 Å². The normalized spacial score (nSPS) is 19.1. The van der Waals surface area contributed by atoms with Crippen molar-refractivity contribution in [3.05, 3.63) is 83.7 Å². The van der Waals surface area contributed by atoms with Crippen LogP contribution in [0.4, 0.5) is 0 Å². The van der Waals surface area contributed by atoms with Crippen molar-refractivity contribution in [1.82, 2.24) is 19.6 Å². The monoisotopic (exact) mass is 502 g/mol. The number of hydrogen-bond acceptors (Lipinski definition) is 5. The number of benzene rings is 2. The fraction of sp³-hybridized carbons (Fsp3) is 0.414. The molecule has 3 heterocycles. The number of fused-ring (bicyclic) bond motifs is 1. The number of ether oxygens (including phenoxy) is 2. The second-order valence-corrected chi connectivity index (χ2v) is 9.65. The summed E-state index contributed by atoms with van der Waals surface area (Å²) >= 11 is 0. The van der Waals surface area contributed by atoms with Gasteiger partial charge in [0.2, 0.25) is 0 Å². The highest BCUT2D eigenvalue weighted by Crippen LogP contribution is 2.29. The quantitative estimate of drug-likeness (QED) is 0.415. The summed E-state index contributed by atoms with van der Waals surface area (Å²) in [6.07, 6.45) is 3.45. The van der Waals surface area contributed by atoms with Gasteiger partial charge in [-0.25, -0.2) is 4.68 Å². The molecule has 3 atom stereocenters. The lowest BCUT2D eigenvalue weighted by Gasteiger charge is -2.39. The van der Waals surface area contributed by atoms with Gasteiger partial charge in [0.25, 0.3) is 11.8 Å². The Kier molecular flexibility index (Phi) is 7.67. The first-order chi connectivity index (χ1) is 18.1. The number of carbonyl (C=O) groups is 2. The number of carbonyl (C=O) groups excluding carboxylic acids is 2. The van der Waals surface area contributed by atoms with Crippen molar-refractivity contribution in [2.24, 2.45) is 0 Å². The zero-order valence-corrected chi connectivity index (χ0v) is 21.5. The Labute approximate surface area is 217 Å². The molecule has 194 valence electrons. The first kappa shape index (κ1) is 25.2. The van der Waals surface area contributed by atoms with E-state index in [1.165, 1.54) is 0 Å². The number of aromatic nitrogens is 2. The molecule has 0 aliphatic carbocycles. The zero-order valence-electron chi connectivity index (χ0n) is 21.5. The van der Waals surface area contributed by atoms with Crippen LogP contribution in [0.1, 0.15) is 49.4 Å². The van der Waals surface area contributed by atoms with Crippen LogP contribution in [-0.4, -0.2) is 63.4 Å². The summed E-state index contributed by atoms with van der Waals surface area (Å²) in [5.41, 5.74) is 4.23. The van der Waals surface area contributed by atoms with Crippen molar-refractivity contribution in [2.45, 2.75) is 58.0 Å². The van der Waals surface area contributed by atoms with Gasteiger partial charge in [-0.05, 0) is 48.2 Å². The van der Waals surface area contributed by atoms with Crippen LogP contribution in [0, 0.1) is 0 Å². The van der Waals surface area contributed by atoms with E-state index in [1.807, 2.05) is 67.7 Å². The van der Waals surface area contributed by atoms with Crippen molar-refractivity contribution in [3.63, 3.8) is 0 Å². The van der Waals surface area contributed by atoms with E-state index in [0.29, 0.717) is 32.8 Å². The van der Waals surface area contributed by atoms with E-state index >= 15 is 0 Å². The maximum absolute atomic E-state index is 13.7. The number of hydrogen-bond donors (Lipinski definition) is 0. The Balaban J connectivity index is 1.32. The minimum absolute atomic E-state index is 0.173. The van der Waals surface area contributed by atoms with Crippen molar-refractivity contribution in [1.29, 1.82) is 0 Å². The topological polar surface area (TPSA) is 76.9 Å². The summed E-state index contributed by atoms with van der Waals surface area (Å²) in [4.78, 5) is 31.0. The van der Waals surface area contributed by atoms with Gasteiger partial charge in [0.15, 0.2) is 12.2 Å². The number of amides is 2. The molecule has 37 heavy (non-hydrogen) atoms. The molecule has 0 unspecified atom stereocenters. The highest BCUT2D eigenvalue weighted by Gasteiger charge is 2.44. The van der Waals surface area contributed by atoms with Gasteiger partial charge in [0.05, 0.1) is 18.3 Å². The molecule has 5 rings (SSSR count). The Morgan fingerprint density at radius 1 is 1.11 bits per heavy atom. The molecule has 0 spiro atoms. The van der Waals surface area contributed by atoms with Gasteiger partial charge < -0.3 is 19.3 Å². The molecule has 2 aromatic carbocycles. The molecule has 0 saturated carbocycles. The summed E-state index contributed by atoms with van der Waals surface area (Å²) in [5, 5.41) is 4.27. The summed E-state index contributed by atoms with van der Waals surface area (Å²) in [5.74, 6) is -0.398. The molecule has 2 amide bonds. The van der Waals surface area contributed by atoms with Gasteiger partial charge in [0, 0.05) is 38.6 Å². The van der Waals surface area contributed by atoms with Gasteiger partial charge in [0.1, 0.15) is 0 Å². The Bertz CT molecular complexity index is 1190. The van der Waals surface area contributed by atoms with Crippen LogP contribution in [0.5, 0.6) is 0 Å². The molecule has 8 heteroatoms. The van der Waals surface area contributed by atoms with E-state index < -0.39 is 12.2 Å². The molecular weight excluding hydrogens is 468 g/mol. The molecule has 0 bridgehead atoms. The second-order valence-electron chi connectivity index (χ2n) is 9.65. The highest BCUT2D eigenvalue weighted by atomic mass is 16.5. The number of nitrogens with zero attached hydrogens (tertiary/aromatic N) is 4. The maximum Gasteiger partial charge on any atom is 0.255 e. The lowest BCUT2D eigenvalue weighted by atomic mass is 10.0. The average molecular weight is 503 g/mol. The zero-order chi connectivity index (χ0) is 25.8. The fourth-order valence-corrected chi connectivity index (χ4v) is 5.04. The Hall–Kier alpha value is -3.49. The molecule has 2 aliphatic heterocycles. The van der Waals surface area contributed by atoms with E-state index in [4.69, 9.17) is 9.47 Å². The summed E-state index contributed by atoms with van der Waals surface area (Å²) in [6, 6.07) is 17.8. The standard InChI is InChI=1S/C29H34N4O4/c1-3-4-17-36-26(28(34)31-19-23-8-5-6-9-24(23)20-31)27-29(35)32(16-18-37-27)21(2)22-10-12-25(13-11-22)33-15-7-14-30-33/h5-15,21,26-27H,3-4,16-20H2,1-2H3/t21-,26-,27-/m1/s1. The van der Waals surface area contributed by atoms with E-state index in [1.54, 1.807) is 20.7 Å². The summed E-state index contributed by atoms with van der Waals surface area (Å²) in [6.45, 7) is 6.34. The van der Waals surface area contributed by atoms with Crippen LogP contribution < -0.4 is 0 Å². The number of rotatable bonds is 9. The van der Waals surface area contributed by atoms with Crippen molar-refractivity contribution in [2.75, 3.05) is 19.8 Å². The third-order valence-electron chi connectivity index (χ3n) is 7.23. The van der Waals surface area contributed by atoms with E-state index in [-0.39, 0.29) is 17.9 Å². The molecule has 1 fully saturated rings. The van der Waals surface area contributed by atoms with Crippen LogP contribution in [0.25, 0.3) is 5.69 Å². The van der Waals surface area contributed by atoms with Gasteiger partial charge >= 0.3 is 0 Å². The molecule has 3 aromatic rings. The average Bonchev–Trinajstić information content (AvgIpc) is 3.62. The third kappa shape index (κ3) is 5.31. The van der Waals surface area contributed by atoms with Gasteiger partial charge in [-0.3, -0.25) is 9.59 Å². The predicted molar refractivity (Wildman–Crippen MR) is 139 cm³/mol. The van der Waals surface area contributed by atoms with Gasteiger partial charge in [-0.15, -0.1) is 0 Å².